The van der Waals surface area contributed by atoms with E-state index in [2.05, 4.69) is 42.0 Å². The fraction of sp³-hybridized carbons (Fsp3) is 0.500. The molecule has 2 aromatic rings. The first-order valence-electron chi connectivity index (χ1n) is 12.3. The molecule has 2 N–H and O–H groups in total. The van der Waals surface area contributed by atoms with Crippen LogP contribution in [0.2, 0.25) is 0 Å². The van der Waals surface area contributed by atoms with Crippen molar-refractivity contribution in [3.8, 4) is 0 Å². The van der Waals surface area contributed by atoms with E-state index in [0.29, 0.717) is 43.2 Å². The highest BCUT2D eigenvalue weighted by molar-refractivity contribution is 7.89. The van der Waals surface area contributed by atoms with E-state index in [0.717, 1.165) is 32.1 Å². The number of carbonyl (C=O) groups is 1. The van der Waals surface area contributed by atoms with Gasteiger partial charge in [-0.25, -0.2) is 8.42 Å². The lowest BCUT2D eigenvalue weighted by atomic mass is 10.00. The predicted octanol–water partition coefficient (Wildman–Crippen LogP) is 3.57. The van der Waals surface area contributed by atoms with Gasteiger partial charge in [-0.3, -0.25) is 15.6 Å². The van der Waals surface area contributed by atoms with Crippen LogP contribution >= 0.6 is 0 Å². The van der Waals surface area contributed by atoms with Crippen LogP contribution in [-0.2, 0) is 10.0 Å². The molecule has 8 heteroatoms. The van der Waals surface area contributed by atoms with Crippen LogP contribution < -0.4 is 10.9 Å². The molecule has 7 nitrogen and oxygen atoms in total. The van der Waals surface area contributed by atoms with Gasteiger partial charge >= 0.3 is 0 Å². The van der Waals surface area contributed by atoms with E-state index in [1.54, 1.807) is 40.5 Å². The molecule has 2 atom stereocenters. The Bertz CT molecular complexity index is 1050. The molecule has 0 bridgehead atoms. The minimum Gasteiger partial charge on any atom is -0.342 e. The van der Waals surface area contributed by atoms with Gasteiger partial charge in [0, 0.05) is 44.3 Å². The quantitative estimate of drug-likeness (QED) is 0.599. The monoisotopic (exact) mass is 484 g/mol. The normalized spacial score (nSPS) is 22.1. The molecule has 184 valence electrons. The molecule has 2 heterocycles. The van der Waals surface area contributed by atoms with Crippen molar-refractivity contribution in [3.63, 3.8) is 0 Å². The van der Waals surface area contributed by atoms with Crippen LogP contribution in [0.3, 0.4) is 0 Å². The zero-order valence-corrected chi connectivity index (χ0v) is 20.9. The number of piperidine rings is 1. The van der Waals surface area contributed by atoms with E-state index >= 15 is 0 Å². The van der Waals surface area contributed by atoms with Crippen molar-refractivity contribution in [3.05, 3.63) is 65.7 Å². The van der Waals surface area contributed by atoms with Crippen LogP contribution in [0.25, 0.3) is 0 Å². The molecule has 0 radical (unpaired) electrons. The molecule has 0 spiro atoms. The number of nitrogens with one attached hydrogen (secondary N) is 2. The van der Waals surface area contributed by atoms with Crippen LogP contribution in [-0.4, -0.2) is 56.3 Å². The highest BCUT2D eigenvalue weighted by atomic mass is 32.2. The smallest absolute Gasteiger partial charge is 0.253 e. The third kappa shape index (κ3) is 5.86. The van der Waals surface area contributed by atoms with Gasteiger partial charge in [0.15, 0.2) is 0 Å². The van der Waals surface area contributed by atoms with E-state index in [9.17, 15) is 13.2 Å². The fourth-order valence-corrected chi connectivity index (χ4v) is 6.23. The standard InChI is InChI=1S/C26H36N4O3S/c1-20-14-17-30(18-15-20)34(32,33)24-12-10-22(11-13-24)26(31)29(2)16-6-9-23-19-25(28-27-23)21-7-4-3-5-8-21/h3-5,7-8,10-13,20,23,25,27-28H,6,9,14-19H2,1-2H3. The summed E-state index contributed by atoms with van der Waals surface area (Å²) in [4.78, 5) is 14.8. The van der Waals surface area contributed by atoms with E-state index in [4.69, 9.17) is 0 Å². The number of hydrogen-bond acceptors (Lipinski definition) is 5. The lowest BCUT2D eigenvalue weighted by Gasteiger charge is -2.29. The Morgan fingerprint density at radius 1 is 1.03 bits per heavy atom. The average Bonchev–Trinajstić information content (AvgIpc) is 3.33. The molecule has 2 unspecified atom stereocenters. The van der Waals surface area contributed by atoms with E-state index < -0.39 is 10.0 Å². The molecule has 4 rings (SSSR count). The van der Waals surface area contributed by atoms with Crippen molar-refractivity contribution >= 4 is 15.9 Å². The van der Waals surface area contributed by atoms with Gasteiger partial charge in [0.2, 0.25) is 10.0 Å². The van der Waals surface area contributed by atoms with E-state index in [-0.39, 0.29) is 10.8 Å². The molecular formula is C26H36N4O3S. The third-order valence-electron chi connectivity index (χ3n) is 7.06. The fourth-order valence-electron chi connectivity index (χ4n) is 4.76. The summed E-state index contributed by atoms with van der Waals surface area (Å²) in [7, 11) is -1.70. The minimum atomic E-state index is -3.50. The van der Waals surface area contributed by atoms with Gasteiger partial charge in [-0.15, -0.1) is 0 Å². The summed E-state index contributed by atoms with van der Waals surface area (Å²) in [5, 5.41) is 0. The Balaban J connectivity index is 1.25. The average molecular weight is 485 g/mol. The first kappa shape index (κ1) is 24.9. The number of amides is 1. The summed E-state index contributed by atoms with van der Waals surface area (Å²) in [5.74, 6) is 0.475. The van der Waals surface area contributed by atoms with Crippen LogP contribution in [0.5, 0.6) is 0 Å². The maximum atomic E-state index is 12.9. The summed E-state index contributed by atoms with van der Waals surface area (Å²) < 4.78 is 27.4. The number of hydrazine groups is 1. The number of benzene rings is 2. The maximum absolute atomic E-state index is 12.9. The molecule has 0 saturated carbocycles. The highest BCUT2D eigenvalue weighted by Crippen LogP contribution is 2.25. The summed E-state index contributed by atoms with van der Waals surface area (Å²) in [6.45, 7) is 3.93. The summed E-state index contributed by atoms with van der Waals surface area (Å²) in [6, 6.07) is 17.5. The van der Waals surface area contributed by atoms with E-state index in [1.165, 1.54) is 5.56 Å². The van der Waals surface area contributed by atoms with Gasteiger partial charge in [-0.1, -0.05) is 37.3 Å². The first-order chi connectivity index (χ1) is 16.3. The van der Waals surface area contributed by atoms with Crippen molar-refractivity contribution in [2.24, 2.45) is 5.92 Å². The van der Waals surface area contributed by atoms with Crippen LogP contribution in [0.1, 0.15) is 61.0 Å². The van der Waals surface area contributed by atoms with Crippen molar-refractivity contribution in [2.75, 3.05) is 26.7 Å². The molecule has 2 aliphatic heterocycles. The van der Waals surface area contributed by atoms with Crippen molar-refractivity contribution < 1.29 is 13.2 Å². The highest BCUT2D eigenvalue weighted by Gasteiger charge is 2.28. The van der Waals surface area contributed by atoms with E-state index in [1.807, 2.05) is 6.07 Å². The Morgan fingerprint density at radius 2 is 1.71 bits per heavy atom. The Hall–Kier alpha value is -2.26. The lowest BCUT2D eigenvalue weighted by molar-refractivity contribution is 0.0791. The number of rotatable bonds is 8. The van der Waals surface area contributed by atoms with Crippen LogP contribution in [0, 0.1) is 5.92 Å². The van der Waals surface area contributed by atoms with Gasteiger partial charge in [0.1, 0.15) is 0 Å². The minimum absolute atomic E-state index is 0.0876. The zero-order chi connectivity index (χ0) is 24.1. The molecule has 2 aromatic carbocycles. The Morgan fingerprint density at radius 3 is 2.38 bits per heavy atom. The second-order valence-corrected chi connectivity index (χ2v) is 11.6. The number of sulfonamides is 1. The van der Waals surface area contributed by atoms with Crippen LogP contribution in [0.15, 0.2) is 59.5 Å². The third-order valence-corrected chi connectivity index (χ3v) is 8.97. The summed E-state index contributed by atoms with van der Waals surface area (Å²) in [6.07, 6.45) is 4.66. The molecule has 2 saturated heterocycles. The second-order valence-electron chi connectivity index (χ2n) is 9.66. The predicted molar refractivity (Wildman–Crippen MR) is 134 cm³/mol. The molecule has 0 aromatic heterocycles. The van der Waals surface area contributed by atoms with Gasteiger partial charge in [0.25, 0.3) is 5.91 Å². The molecule has 34 heavy (non-hydrogen) atoms. The second kappa shape index (κ2) is 11.0. The lowest BCUT2D eigenvalue weighted by Crippen LogP contribution is -2.37. The Labute approximate surface area is 203 Å². The van der Waals surface area contributed by atoms with Crippen molar-refractivity contribution in [1.29, 1.82) is 0 Å². The zero-order valence-electron chi connectivity index (χ0n) is 20.1. The van der Waals surface area contributed by atoms with Gasteiger partial charge in [-0.05, 0) is 67.9 Å². The maximum Gasteiger partial charge on any atom is 0.253 e. The molecule has 2 aliphatic rings. The number of nitrogens with zero attached hydrogens (tertiary/aromatic N) is 2. The van der Waals surface area contributed by atoms with Crippen LogP contribution in [0.4, 0.5) is 0 Å². The largest absolute Gasteiger partial charge is 0.342 e. The summed E-state index contributed by atoms with van der Waals surface area (Å²) >= 11 is 0. The molecule has 2 fully saturated rings. The topological polar surface area (TPSA) is 81.8 Å². The Kier molecular flexibility index (Phi) is 8.03. The molecule has 1 amide bonds. The van der Waals surface area contributed by atoms with Crippen molar-refractivity contribution in [2.45, 2.75) is 56.0 Å². The van der Waals surface area contributed by atoms with Gasteiger partial charge in [0.05, 0.1) is 4.90 Å². The number of carbonyl (C=O) groups excluding carboxylic acids is 1. The molecule has 0 aliphatic carbocycles. The number of hydrogen-bond donors (Lipinski definition) is 2. The van der Waals surface area contributed by atoms with Crippen molar-refractivity contribution in [1.82, 2.24) is 20.1 Å². The summed E-state index contributed by atoms with van der Waals surface area (Å²) in [5.41, 5.74) is 8.54. The SMILES string of the molecule is CC1CCN(S(=O)(=O)c2ccc(C(=O)N(C)CCCC3CC(c4ccccc4)NN3)cc2)CC1. The van der Waals surface area contributed by atoms with Gasteiger partial charge < -0.3 is 4.90 Å². The van der Waals surface area contributed by atoms with Gasteiger partial charge in [-0.2, -0.15) is 4.31 Å². The molecular weight excluding hydrogens is 448 g/mol. The first-order valence-corrected chi connectivity index (χ1v) is 13.7.